The lowest BCUT2D eigenvalue weighted by Gasteiger charge is -2.32. The van der Waals surface area contributed by atoms with E-state index in [4.69, 9.17) is 5.73 Å². The third kappa shape index (κ3) is 3.10. The zero-order valence-electron chi connectivity index (χ0n) is 12.7. The van der Waals surface area contributed by atoms with Gasteiger partial charge in [-0.1, -0.05) is 32.0 Å². The molecule has 1 aromatic rings. The molecule has 0 spiro atoms. The molecular formula is C17H26N2O. The minimum absolute atomic E-state index is 0.207. The SMILES string of the molecule is CCC(=O)c1cccc(C2CCN(CC)CC2)c1CN. The van der Waals surface area contributed by atoms with Crippen LogP contribution in [0.3, 0.4) is 0 Å². The molecule has 0 unspecified atom stereocenters. The summed E-state index contributed by atoms with van der Waals surface area (Å²) in [5.74, 6) is 0.763. The van der Waals surface area contributed by atoms with E-state index >= 15 is 0 Å². The van der Waals surface area contributed by atoms with Crippen LogP contribution < -0.4 is 5.73 Å². The Morgan fingerprint density at radius 3 is 2.55 bits per heavy atom. The van der Waals surface area contributed by atoms with E-state index in [1.54, 1.807) is 0 Å². The molecule has 3 nitrogen and oxygen atoms in total. The Morgan fingerprint density at radius 1 is 1.30 bits per heavy atom. The maximum absolute atomic E-state index is 12.1. The van der Waals surface area contributed by atoms with Gasteiger partial charge < -0.3 is 10.6 Å². The lowest BCUT2D eigenvalue weighted by atomic mass is 9.84. The van der Waals surface area contributed by atoms with Gasteiger partial charge in [0.25, 0.3) is 0 Å². The van der Waals surface area contributed by atoms with Crippen LogP contribution in [0.1, 0.15) is 60.5 Å². The van der Waals surface area contributed by atoms with Crippen molar-refractivity contribution in [2.75, 3.05) is 19.6 Å². The van der Waals surface area contributed by atoms with Crippen molar-refractivity contribution in [3.8, 4) is 0 Å². The fraction of sp³-hybridized carbons (Fsp3) is 0.588. The largest absolute Gasteiger partial charge is 0.326 e. The highest BCUT2D eigenvalue weighted by Gasteiger charge is 2.23. The molecule has 20 heavy (non-hydrogen) atoms. The topological polar surface area (TPSA) is 46.3 Å². The van der Waals surface area contributed by atoms with Crippen molar-refractivity contribution < 1.29 is 4.79 Å². The van der Waals surface area contributed by atoms with E-state index in [1.165, 1.54) is 18.4 Å². The maximum atomic E-state index is 12.1. The summed E-state index contributed by atoms with van der Waals surface area (Å²) in [6.45, 7) is 8.02. The number of carbonyl (C=O) groups is 1. The molecule has 110 valence electrons. The number of nitrogens with two attached hydrogens (primary N) is 1. The van der Waals surface area contributed by atoms with E-state index in [-0.39, 0.29) is 5.78 Å². The third-order valence-corrected chi connectivity index (χ3v) is 4.51. The first-order valence-corrected chi connectivity index (χ1v) is 7.78. The van der Waals surface area contributed by atoms with Crippen LogP contribution in [0.2, 0.25) is 0 Å². The van der Waals surface area contributed by atoms with Crippen molar-refractivity contribution in [2.45, 2.75) is 45.6 Å². The summed E-state index contributed by atoms with van der Waals surface area (Å²) in [5.41, 5.74) is 9.17. The number of ketones is 1. The highest BCUT2D eigenvalue weighted by molar-refractivity contribution is 5.97. The Balaban J connectivity index is 2.26. The van der Waals surface area contributed by atoms with Gasteiger partial charge in [0.15, 0.2) is 5.78 Å². The molecule has 0 amide bonds. The minimum atomic E-state index is 0.207. The number of benzene rings is 1. The van der Waals surface area contributed by atoms with Crippen LogP contribution in [0.15, 0.2) is 18.2 Å². The van der Waals surface area contributed by atoms with Crippen molar-refractivity contribution >= 4 is 5.78 Å². The molecule has 1 saturated heterocycles. The van der Waals surface area contributed by atoms with Crippen LogP contribution in [0.25, 0.3) is 0 Å². The molecule has 0 radical (unpaired) electrons. The number of carbonyl (C=O) groups excluding carboxylic acids is 1. The van der Waals surface area contributed by atoms with Crippen LogP contribution in [0, 0.1) is 0 Å². The van der Waals surface area contributed by atoms with E-state index in [1.807, 2.05) is 19.1 Å². The van der Waals surface area contributed by atoms with Gasteiger partial charge in [0.05, 0.1) is 0 Å². The second kappa shape index (κ2) is 7.00. The second-order valence-corrected chi connectivity index (χ2v) is 5.56. The van der Waals surface area contributed by atoms with Crippen LogP contribution in [-0.2, 0) is 6.54 Å². The van der Waals surface area contributed by atoms with Gasteiger partial charge in [0.1, 0.15) is 0 Å². The van der Waals surface area contributed by atoms with E-state index in [2.05, 4.69) is 17.9 Å². The lowest BCUT2D eigenvalue weighted by Crippen LogP contribution is -2.33. The Labute approximate surface area is 122 Å². The van der Waals surface area contributed by atoms with Gasteiger partial charge in [0.2, 0.25) is 0 Å². The summed E-state index contributed by atoms with van der Waals surface area (Å²) < 4.78 is 0. The summed E-state index contributed by atoms with van der Waals surface area (Å²) in [7, 11) is 0. The van der Waals surface area contributed by atoms with Crippen molar-refractivity contribution in [1.82, 2.24) is 4.90 Å². The summed E-state index contributed by atoms with van der Waals surface area (Å²) in [5, 5.41) is 0. The molecule has 0 aliphatic carbocycles. The first-order valence-electron chi connectivity index (χ1n) is 7.78. The fourth-order valence-corrected chi connectivity index (χ4v) is 3.23. The maximum Gasteiger partial charge on any atom is 0.162 e. The zero-order valence-corrected chi connectivity index (χ0v) is 12.7. The van der Waals surface area contributed by atoms with Gasteiger partial charge in [-0.2, -0.15) is 0 Å². The highest BCUT2D eigenvalue weighted by atomic mass is 16.1. The molecule has 0 saturated carbocycles. The first-order chi connectivity index (χ1) is 9.71. The molecule has 1 heterocycles. The summed E-state index contributed by atoms with van der Waals surface area (Å²) in [4.78, 5) is 14.5. The average Bonchev–Trinajstić information content (AvgIpc) is 2.53. The van der Waals surface area contributed by atoms with Gasteiger partial charge in [0, 0.05) is 18.5 Å². The number of likely N-dealkylation sites (tertiary alicyclic amines) is 1. The van der Waals surface area contributed by atoms with Crippen LogP contribution >= 0.6 is 0 Å². The molecule has 1 fully saturated rings. The lowest BCUT2D eigenvalue weighted by molar-refractivity contribution is 0.0987. The molecule has 0 atom stereocenters. The van der Waals surface area contributed by atoms with Crippen molar-refractivity contribution in [1.29, 1.82) is 0 Å². The van der Waals surface area contributed by atoms with Gasteiger partial charge in [-0.25, -0.2) is 0 Å². The van der Waals surface area contributed by atoms with Crippen LogP contribution in [0.4, 0.5) is 0 Å². The average molecular weight is 274 g/mol. The predicted molar refractivity (Wildman–Crippen MR) is 83.0 cm³/mol. The fourth-order valence-electron chi connectivity index (χ4n) is 3.23. The molecule has 1 aromatic carbocycles. The van der Waals surface area contributed by atoms with Crippen molar-refractivity contribution in [3.63, 3.8) is 0 Å². The summed E-state index contributed by atoms with van der Waals surface area (Å²) in [6, 6.07) is 6.11. The summed E-state index contributed by atoms with van der Waals surface area (Å²) >= 11 is 0. The predicted octanol–water partition coefficient (Wildman–Crippen LogP) is 2.94. The molecule has 2 N–H and O–H groups in total. The number of rotatable bonds is 5. The summed E-state index contributed by atoms with van der Waals surface area (Å²) in [6.07, 6.45) is 2.89. The standard InChI is InChI=1S/C17H26N2O/c1-3-17(20)15-7-5-6-14(16(15)12-18)13-8-10-19(4-2)11-9-13/h5-7,13H,3-4,8-12,18H2,1-2H3. The quantitative estimate of drug-likeness (QED) is 0.840. The number of hydrogen-bond donors (Lipinski definition) is 1. The molecule has 3 heteroatoms. The third-order valence-electron chi connectivity index (χ3n) is 4.51. The van der Waals surface area contributed by atoms with E-state index in [9.17, 15) is 4.79 Å². The number of Topliss-reactive ketones (excluding diaryl/α,β-unsaturated/α-hetero) is 1. The van der Waals surface area contributed by atoms with E-state index in [0.29, 0.717) is 18.9 Å². The van der Waals surface area contributed by atoms with Crippen LogP contribution in [-0.4, -0.2) is 30.3 Å². The Bertz CT molecular complexity index is 462. The van der Waals surface area contributed by atoms with Crippen molar-refractivity contribution in [2.24, 2.45) is 5.73 Å². The smallest absolute Gasteiger partial charge is 0.162 e. The minimum Gasteiger partial charge on any atom is -0.326 e. The van der Waals surface area contributed by atoms with Crippen LogP contribution in [0.5, 0.6) is 0 Å². The number of nitrogens with zero attached hydrogens (tertiary/aromatic N) is 1. The zero-order chi connectivity index (χ0) is 14.5. The van der Waals surface area contributed by atoms with Gasteiger partial charge in [-0.05, 0) is 49.5 Å². The van der Waals surface area contributed by atoms with E-state index < -0.39 is 0 Å². The second-order valence-electron chi connectivity index (χ2n) is 5.56. The Morgan fingerprint density at radius 2 is 2.00 bits per heavy atom. The normalized spacial score (nSPS) is 17.4. The highest BCUT2D eigenvalue weighted by Crippen LogP contribution is 2.32. The Kier molecular flexibility index (Phi) is 5.32. The molecule has 2 rings (SSSR count). The Hall–Kier alpha value is -1.19. The number of hydrogen-bond acceptors (Lipinski definition) is 3. The monoisotopic (exact) mass is 274 g/mol. The van der Waals surface area contributed by atoms with Gasteiger partial charge in [-0.15, -0.1) is 0 Å². The van der Waals surface area contributed by atoms with E-state index in [0.717, 1.165) is 30.8 Å². The van der Waals surface area contributed by atoms with Gasteiger partial charge >= 0.3 is 0 Å². The molecule has 0 aromatic heterocycles. The number of piperidine rings is 1. The first kappa shape index (κ1) is 15.2. The molecular weight excluding hydrogens is 248 g/mol. The molecule has 1 aliphatic heterocycles. The van der Waals surface area contributed by atoms with Crippen molar-refractivity contribution in [3.05, 3.63) is 34.9 Å². The van der Waals surface area contributed by atoms with Gasteiger partial charge in [-0.3, -0.25) is 4.79 Å². The molecule has 1 aliphatic rings. The molecule has 0 bridgehead atoms.